The lowest BCUT2D eigenvalue weighted by atomic mass is 10.0. The van der Waals surface area contributed by atoms with Crippen molar-refractivity contribution >= 4 is 22.4 Å². The van der Waals surface area contributed by atoms with E-state index < -0.39 is 17.8 Å². The summed E-state index contributed by atoms with van der Waals surface area (Å²) in [7, 11) is 0. The van der Waals surface area contributed by atoms with E-state index in [1.807, 2.05) is 42.5 Å². The van der Waals surface area contributed by atoms with Crippen molar-refractivity contribution in [1.82, 2.24) is 19.6 Å². The Morgan fingerprint density at radius 1 is 1.12 bits per heavy atom. The summed E-state index contributed by atoms with van der Waals surface area (Å²) in [6, 6.07) is 15.2. The molecule has 2 aromatic heterocycles. The molecule has 9 heteroatoms. The second kappa shape index (κ2) is 7.81. The number of nitrogens with zero attached hydrogens (tertiary/aromatic N) is 4. The summed E-state index contributed by atoms with van der Waals surface area (Å²) >= 11 is 0. The van der Waals surface area contributed by atoms with Gasteiger partial charge < -0.3 is 5.32 Å². The molecule has 4 aromatic rings. The summed E-state index contributed by atoms with van der Waals surface area (Å²) in [4.78, 5) is 12.5. The Kier molecular flexibility index (Phi) is 4.96. The number of carbonyl (C=O) groups is 1. The Labute approximate surface area is 181 Å². The standard InChI is InChI=1S/C23H20F3N5O/c24-23(25,26)21-10-20(16-8-9-16)31(29-21)14-22(32)28-18-11-27-30(13-18)12-17-6-3-5-15-4-1-2-7-19(15)17/h1-7,10-11,13,16H,8-9,12,14H2,(H,28,32). The number of benzene rings is 2. The van der Waals surface area contributed by atoms with E-state index in [1.54, 1.807) is 10.9 Å². The molecule has 2 heterocycles. The predicted molar refractivity (Wildman–Crippen MR) is 113 cm³/mol. The van der Waals surface area contributed by atoms with Crippen LogP contribution in [0.1, 0.15) is 35.7 Å². The van der Waals surface area contributed by atoms with Crippen molar-refractivity contribution in [2.75, 3.05) is 5.32 Å². The number of hydrogen-bond acceptors (Lipinski definition) is 3. The topological polar surface area (TPSA) is 64.7 Å². The summed E-state index contributed by atoms with van der Waals surface area (Å²) in [6.07, 6.45) is 0.311. The van der Waals surface area contributed by atoms with Gasteiger partial charge in [-0.3, -0.25) is 14.2 Å². The molecule has 1 saturated carbocycles. The van der Waals surface area contributed by atoms with Crippen LogP contribution in [0.15, 0.2) is 60.9 Å². The number of rotatable bonds is 6. The van der Waals surface area contributed by atoms with E-state index in [9.17, 15) is 18.0 Å². The lowest BCUT2D eigenvalue weighted by Crippen LogP contribution is -2.21. The second-order valence-corrected chi connectivity index (χ2v) is 8.00. The fourth-order valence-corrected chi connectivity index (χ4v) is 3.86. The van der Waals surface area contributed by atoms with Crippen LogP contribution in [0, 0.1) is 0 Å². The third kappa shape index (κ3) is 4.23. The first kappa shape index (κ1) is 20.3. The van der Waals surface area contributed by atoms with Crippen LogP contribution in [0.4, 0.5) is 18.9 Å². The third-order valence-corrected chi connectivity index (χ3v) is 5.52. The van der Waals surface area contributed by atoms with E-state index >= 15 is 0 Å². The van der Waals surface area contributed by atoms with E-state index in [4.69, 9.17) is 0 Å². The molecule has 164 valence electrons. The molecule has 5 rings (SSSR count). The van der Waals surface area contributed by atoms with Crippen molar-refractivity contribution in [2.45, 2.75) is 38.0 Å². The average Bonchev–Trinajstić information content (AvgIpc) is 3.36. The Bertz CT molecular complexity index is 1280. The highest BCUT2D eigenvalue weighted by atomic mass is 19.4. The number of nitrogens with one attached hydrogen (secondary N) is 1. The van der Waals surface area contributed by atoms with Crippen molar-refractivity contribution in [1.29, 1.82) is 0 Å². The van der Waals surface area contributed by atoms with E-state index in [1.165, 1.54) is 6.20 Å². The number of alkyl halides is 3. The fourth-order valence-electron chi connectivity index (χ4n) is 3.86. The Balaban J connectivity index is 1.28. The molecule has 32 heavy (non-hydrogen) atoms. The molecule has 0 spiro atoms. The van der Waals surface area contributed by atoms with Crippen LogP contribution in [0.25, 0.3) is 10.8 Å². The molecular formula is C23H20F3N5O. The molecule has 0 saturated heterocycles. The van der Waals surface area contributed by atoms with E-state index in [-0.39, 0.29) is 12.5 Å². The summed E-state index contributed by atoms with van der Waals surface area (Å²) in [5, 5.41) is 12.9. The molecule has 2 aromatic carbocycles. The van der Waals surface area contributed by atoms with Gasteiger partial charge in [-0.25, -0.2) is 0 Å². The van der Waals surface area contributed by atoms with Crippen molar-refractivity contribution in [3.8, 4) is 0 Å². The quantitative estimate of drug-likeness (QED) is 0.469. The van der Waals surface area contributed by atoms with Gasteiger partial charge in [0, 0.05) is 17.8 Å². The van der Waals surface area contributed by atoms with Gasteiger partial charge in [0.05, 0.1) is 18.4 Å². The summed E-state index contributed by atoms with van der Waals surface area (Å²) in [6.45, 7) is 0.244. The van der Waals surface area contributed by atoms with Crippen LogP contribution in [0.3, 0.4) is 0 Å². The molecular weight excluding hydrogens is 419 g/mol. The number of fused-ring (bicyclic) bond motifs is 1. The van der Waals surface area contributed by atoms with Crippen molar-refractivity contribution < 1.29 is 18.0 Å². The zero-order valence-electron chi connectivity index (χ0n) is 17.0. The minimum Gasteiger partial charge on any atom is -0.322 e. The van der Waals surface area contributed by atoms with Gasteiger partial charge in [-0.1, -0.05) is 42.5 Å². The molecule has 1 amide bonds. The van der Waals surface area contributed by atoms with Crippen molar-refractivity contribution in [3.05, 3.63) is 77.9 Å². The first-order chi connectivity index (χ1) is 15.4. The fraction of sp³-hybridized carbons (Fsp3) is 0.261. The van der Waals surface area contributed by atoms with Gasteiger partial charge in [0.25, 0.3) is 0 Å². The SMILES string of the molecule is O=C(Cn1nc(C(F)(F)F)cc1C1CC1)Nc1cnn(Cc2cccc3ccccc23)c1. The van der Waals surface area contributed by atoms with Crippen molar-refractivity contribution in [2.24, 2.45) is 0 Å². The summed E-state index contributed by atoms with van der Waals surface area (Å²) in [5.41, 5.74) is 1.06. The van der Waals surface area contributed by atoms with Crippen LogP contribution in [0.2, 0.25) is 0 Å². The predicted octanol–water partition coefficient (Wildman–Crippen LogP) is 4.82. The smallest absolute Gasteiger partial charge is 0.322 e. The van der Waals surface area contributed by atoms with Gasteiger partial charge in [-0.05, 0) is 35.2 Å². The number of halogens is 3. The Hall–Kier alpha value is -3.62. The second-order valence-electron chi connectivity index (χ2n) is 8.00. The molecule has 0 bridgehead atoms. The molecule has 1 aliphatic carbocycles. The molecule has 0 aliphatic heterocycles. The average molecular weight is 439 g/mol. The van der Waals surface area contributed by atoms with E-state index in [2.05, 4.69) is 15.5 Å². The number of aromatic nitrogens is 4. The zero-order valence-corrected chi connectivity index (χ0v) is 17.0. The Morgan fingerprint density at radius 2 is 1.91 bits per heavy atom. The highest BCUT2D eigenvalue weighted by Gasteiger charge is 2.38. The highest BCUT2D eigenvalue weighted by molar-refractivity contribution is 5.90. The normalized spacial score (nSPS) is 14.1. The van der Waals surface area contributed by atoms with Gasteiger partial charge >= 0.3 is 6.18 Å². The van der Waals surface area contributed by atoms with E-state index in [0.717, 1.165) is 39.9 Å². The third-order valence-electron chi connectivity index (χ3n) is 5.52. The Morgan fingerprint density at radius 3 is 2.69 bits per heavy atom. The lowest BCUT2D eigenvalue weighted by molar-refractivity contribution is -0.141. The van der Waals surface area contributed by atoms with Crippen LogP contribution >= 0.6 is 0 Å². The van der Waals surface area contributed by atoms with E-state index in [0.29, 0.717) is 17.9 Å². The van der Waals surface area contributed by atoms with Crippen molar-refractivity contribution in [3.63, 3.8) is 0 Å². The first-order valence-electron chi connectivity index (χ1n) is 10.3. The zero-order chi connectivity index (χ0) is 22.3. The van der Waals surface area contributed by atoms with Gasteiger partial charge in [0.15, 0.2) is 5.69 Å². The number of amides is 1. The van der Waals surface area contributed by atoms with Gasteiger partial charge in [-0.2, -0.15) is 23.4 Å². The number of hydrogen-bond donors (Lipinski definition) is 1. The largest absolute Gasteiger partial charge is 0.435 e. The number of anilines is 1. The minimum absolute atomic E-state index is 0.0369. The highest BCUT2D eigenvalue weighted by Crippen LogP contribution is 2.42. The van der Waals surface area contributed by atoms with Crippen LogP contribution < -0.4 is 5.32 Å². The monoisotopic (exact) mass is 439 g/mol. The van der Waals surface area contributed by atoms with Crippen LogP contribution in [-0.4, -0.2) is 25.5 Å². The molecule has 6 nitrogen and oxygen atoms in total. The maximum atomic E-state index is 13.0. The lowest BCUT2D eigenvalue weighted by Gasteiger charge is -2.07. The summed E-state index contributed by atoms with van der Waals surface area (Å²) < 4.78 is 42.0. The van der Waals surface area contributed by atoms with Gasteiger partial charge in [-0.15, -0.1) is 0 Å². The number of carbonyl (C=O) groups excluding carboxylic acids is 1. The van der Waals surface area contributed by atoms with Gasteiger partial charge in [0.2, 0.25) is 5.91 Å². The first-order valence-corrected chi connectivity index (χ1v) is 10.3. The molecule has 1 N–H and O–H groups in total. The molecule has 1 aliphatic rings. The maximum absolute atomic E-state index is 13.0. The summed E-state index contributed by atoms with van der Waals surface area (Å²) in [5.74, 6) is -0.414. The minimum atomic E-state index is -4.53. The molecule has 0 radical (unpaired) electrons. The van der Waals surface area contributed by atoms with Gasteiger partial charge in [0.1, 0.15) is 6.54 Å². The molecule has 0 unspecified atom stereocenters. The van der Waals surface area contributed by atoms with Crippen LogP contribution in [-0.2, 0) is 24.1 Å². The maximum Gasteiger partial charge on any atom is 0.435 e. The molecule has 1 fully saturated rings. The molecule has 0 atom stereocenters. The van der Waals surface area contributed by atoms with Crippen LogP contribution in [0.5, 0.6) is 0 Å².